The molecule has 1 aromatic heterocycles. The lowest BCUT2D eigenvalue weighted by Gasteiger charge is -2.31. The van der Waals surface area contributed by atoms with Crippen molar-refractivity contribution in [3.63, 3.8) is 0 Å². The van der Waals surface area contributed by atoms with E-state index < -0.39 is 5.60 Å². The van der Waals surface area contributed by atoms with E-state index in [1.165, 1.54) is 0 Å². The molecule has 0 aliphatic heterocycles. The topological polar surface area (TPSA) is 91.1 Å². The van der Waals surface area contributed by atoms with Crippen molar-refractivity contribution in [3.8, 4) is 6.07 Å². The smallest absolute Gasteiger partial charge is 0.410 e. The van der Waals surface area contributed by atoms with Gasteiger partial charge in [0.05, 0.1) is 6.04 Å². The molecule has 2 rings (SSSR count). The van der Waals surface area contributed by atoms with E-state index in [1.54, 1.807) is 24.1 Å². The second-order valence-corrected chi connectivity index (χ2v) is 7.23. The first-order valence-electron chi connectivity index (χ1n) is 8.76. The van der Waals surface area contributed by atoms with E-state index in [1.807, 2.05) is 57.2 Å². The van der Waals surface area contributed by atoms with Crippen LogP contribution < -0.4 is 5.32 Å². The zero-order valence-electron chi connectivity index (χ0n) is 16.1. The summed E-state index contributed by atoms with van der Waals surface area (Å²) in [5.41, 5.74) is 0.812. The Balaban J connectivity index is 2.10. The highest BCUT2D eigenvalue weighted by Crippen LogP contribution is 2.14. The van der Waals surface area contributed by atoms with Crippen LogP contribution in [0.1, 0.15) is 32.0 Å². The summed E-state index contributed by atoms with van der Waals surface area (Å²) in [6.07, 6.45) is 0.281. The Kier molecular flexibility index (Phi) is 6.72. The van der Waals surface area contributed by atoms with Crippen LogP contribution >= 0.6 is 0 Å². The van der Waals surface area contributed by atoms with Gasteiger partial charge in [0.1, 0.15) is 17.5 Å². The van der Waals surface area contributed by atoms with Crippen LogP contribution in [-0.2, 0) is 11.2 Å². The van der Waals surface area contributed by atoms with E-state index in [4.69, 9.17) is 10.00 Å². The van der Waals surface area contributed by atoms with Crippen molar-refractivity contribution < 1.29 is 9.53 Å². The zero-order chi connectivity index (χ0) is 19.9. The average Bonchev–Trinajstić information content (AvgIpc) is 2.64. The van der Waals surface area contributed by atoms with Crippen LogP contribution in [0.15, 0.2) is 42.5 Å². The number of carbonyl (C=O) groups is 1. The predicted molar refractivity (Wildman–Crippen MR) is 103 cm³/mol. The van der Waals surface area contributed by atoms with Crippen LogP contribution in [0.4, 0.5) is 10.6 Å². The first-order chi connectivity index (χ1) is 12.8. The van der Waals surface area contributed by atoms with E-state index >= 15 is 0 Å². The lowest BCUT2D eigenvalue weighted by molar-refractivity contribution is 0.0231. The number of ether oxygens (including phenoxy) is 1. The van der Waals surface area contributed by atoms with Gasteiger partial charge in [0.25, 0.3) is 0 Å². The number of nitrogens with one attached hydrogen (secondary N) is 1. The molecule has 0 saturated heterocycles. The van der Waals surface area contributed by atoms with Crippen molar-refractivity contribution in [2.75, 3.05) is 18.9 Å². The van der Waals surface area contributed by atoms with Crippen LogP contribution in [0.3, 0.4) is 0 Å². The Morgan fingerprint density at radius 1 is 1.22 bits per heavy atom. The number of nitrogens with zero attached hydrogens (tertiary/aromatic N) is 4. The summed E-state index contributed by atoms with van der Waals surface area (Å²) in [5, 5.41) is 19.8. The largest absolute Gasteiger partial charge is 0.444 e. The van der Waals surface area contributed by atoms with Crippen LogP contribution in [0.25, 0.3) is 0 Å². The number of hydrogen-bond donors (Lipinski definition) is 1. The molecule has 1 unspecified atom stereocenters. The van der Waals surface area contributed by atoms with Gasteiger partial charge in [0.15, 0.2) is 5.69 Å². The Morgan fingerprint density at radius 3 is 2.48 bits per heavy atom. The molecule has 7 nitrogen and oxygen atoms in total. The van der Waals surface area contributed by atoms with Gasteiger partial charge in [-0.05, 0) is 44.9 Å². The fourth-order valence-electron chi connectivity index (χ4n) is 2.42. The van der Waals surface area contributed by atoms with Gasteiger partial charge in [-0.1, -0.05) is 30.3 Å². The number of likely N-dealkylation sites (N-methyl/N-ethyl adjacent to an activating group) is 1. The maximum Gasteiger partial charge on any atom is 0.410 e. The average molecular weight is 367 g/mol. The quantitative estimate of drug-likeness (QED) is 0.843. The number of aromatic nitrogens is 2. The van der Waals surface area contributed by atoms with Crippen LogP contribution in [0, 0.1) is 11.3 Å². The summed E-state index contributed by atoms with van der Waals surface area (Å²) in [7, 11) is 1.73. The molecular weight excluding hydrogens is 342 g/mol. The molecule has 0 aliphatic rings. The van der Waals surface area contributed by atoms with Gasteiger partial charge < -0.3 is 15.0 Å². The molecule has 142 valence electrons. The first kappa shape index (κ1) is 20.2. The van der Waals surface area contributed by atoms with Crippen molar-refractivity contribution in [2.24, 2.45) is 0 Å². The van der Waals surface area contributed by atoms with Crippen LogP contribution in [0.5, 0.6) is 0 Å². The minimum atomic E-state index is -0.561. The third-order valence-electron chi connectivity index (χ3n) is 3.84. The number of nitriles is 1. The summed E-state index contributed by atoms with van der Waals surface area (Å²) in [4.78, 5) is 14.1. The van der Waals surface area contributed by atoms with Gasteiger partial charge in [-0.15, -0.1) is 10.2 Å². The van der Waals surface area contributed by atoms with Crippen molar-refractivity contribution in [1.82, 2.24) is 15.1 Å². The molecule has 1 atom stereocenters. The SMILES string of the molecule is CN(C(=O)OC(C)(C)C)C(CNc1ccc(C#N)nn1)Cc1ccccc1. The molecule has 0 bridgehead atoms. The zero-order valence-corrected chi connectivity index (χ0v) is 16.1. The van der Waals surface area contributed by atoms with E-state index in [2.05, 4.69) is 15.5 Å². The summed E-state index contributed by atoms with van der Waals surface area (Å²) < 4.78 is 5.50. The molecule has 0 radical (unpaired) electrons. The fourth-order valence-corrected chi connectivity index (χ4v) is 2.42. The number of anilines is 1. The van der Waals surface area contributed by atoms with Gasteiger partial charge in [-0.25, -0.2) is 4.79 Å². The van der Waals surface area contributed by atoms with Gasteiger partial charge in [-0.2, -0.15) is 5.26 Å². The Morgan fingerprint density at radius 2 is 1.93 bits per heavy atom. The molecule has 0 spiro atoms. The van der Waals surface area contributed by atoms with Crippen LogP contribution in [0.2, 0.25) is 0 Å². The van der Waals surface area contributed by atoms with E-state index in [-0.39, 0.29) is 17.8 Å². The first-order valence-corrected chi connectivity index (χ1v) is 8.76. The highest BCUT2D eigenvalue weighted by molar-refractivity contribution is 5.68. The maximum atomic E-state index is 12.5. The standard InChI is InChI=1S/C20H25N5O2/c1-20(2,3)27-19(26)25(4)17(12-15-8-6-5-7-9-15)14-22-18-11-10-16(13-21)23-24-18/h5-11,17H,12,14H2,1-4H3,(H,22,24). The molecule has 1 N–H and O–H groups in total. The third-order valence-corrected chi connectivity index (χ3v) is 3.84. The lowest BCUT2D eigenvalue weighted by atomic mass is 10.1. The number of benzene rings is 1. The predicted octanol–water partition coefficient (Wildman–Crippen LogP) is 3.24. The minimum Gasteiger partial charge on any atom is -0.444 e. The van der Waals surface area contributed by atoms with E-state index in [0.29, 0.717) is 18.8 Å². The number of hydrogen-bond acceptors (Lipinski definition) is 6. The Hall–Kier alpha value is -3.14. The number of rotatable bonds is 6. The molecule has 1 heterocycles. The molecule has 7 heteroatoms. The van der Waals surface area contributed by atoms with Crippen molar-refractivity contribution in [1.29, 1.82) is 5.26 Å². The molecule has 1 amide bonds. The van der Waals surface area contributed by atoms with Crippen molar-refractivity contribution >= 4 is 11.9 Å². The minimum absolute atomic E-state index is 0.153. The van der Waals surface area contributed by atoms with Crippen molar-refractivity contribution in [2.45, 2.75) is 38.8 Å². The summed E-state index contributed by atoms with van der Waals surface area (Å²) in [5.74, 6) is 0.546. The summed E-state index contributed by atoms with van der Waals surface area (Å²) in [6, 6.07) is 15.0. The Labute approximate surface area is 160 Å². The molecule has 0 aliphatic carbocycles. The molecule has 0 fully saturated rings. The molecule has 27 heavy (non-hydrogen) atoms. The van der Waals surface area contributed by atoms with Gasteiger partial charge >= 0.3 is 6.09 Å². The van der Waals surface area contributed by atoms with Crippen LogP contribution in [-0.4, -0.2) is 46.4 Å². The maximum absolute atomic E-state index is 12.5. The Bertz CT molecular complexity index is 779. The third kappa shape index (κ3) is 6.59. The molecular formula is C20H25N5O2. The van der Waals surface area contributed by atoms with Gasteiger partial charge in [0.2, 0.25) is 0 Å². The van der Waals surface area contributed by atoms with Gasteiger partial charge in [-0.3, -0.25) is 0 Å². The summed E-state index contributed by atoms with van der Waals surface area (Å²) in [6.45, 7) is 5.99. The fraction of sp³-hybridized carbons (Fsp3) is 0.400. The van der Waals surface area contributed by atoms with E-state index in [9.17, 15) is 4.79 Å². The number of carbonyl (C=O) groups excluding carboxylic acids is 1. The number of amides is 1. The van der Waals surface area contributed by atoms with Crippen molar-refractivity contribution in [3.05, 3.63) is 53.7 Å². The molecule has 1 aromatic carbocycles. The summed E-state index contributed by atoms with van der Waals surface area (Å²) >= 11 is 0. The second-order valence-electron chi connectivity index (χ2n) is 7.23. The highest BCUT2D eigenvalue weighted by Gasteiger charge is 2.25. The highest BCUT2D eigenvalue weighted by atomic mass is 16.6. The second kappa shape index (κ2) is 8.99. The lowest BCUT2D eigenvalue weighted by Crippen LogP contribution is -2.45. The molecule has 2 aromatic rings. The monoisotopic (exact) mass is 367 g/mol. The normalized spacial score (nSPS) is 12.0. The molecule has 0 saturated carbocycles. The van der Waals surface area contributed by atoms with E-state index in [0.717, 1.165) is 5.56 Å². The van der Waals surface area contributed by atoms with Gasteiger partial charge in [0, 0.05) is 13.6 Å².